The highest BCUT2D eigenvalue weighted by Crippen LogP contribution is 2.04. The molecule has 0 aromatic carbocycles. The summed E-state index contributed by atoms with van der Waals surface area (Å²) in [6.07, 6.45) is 7.13. The molecular formula is C9H9N7O. The number of anilines is 2. The third kappa shape index (κ3) is 2.69. The standard InChI is InChI=1S/C9H9N7O/c10-16-8-5-12-3-6(14-8)9(17)15-7-4-11-1-2-13-7/h1-5H,10H2,(H,14,16)(H,13,15,17). The molecule has 8 nitrogen and oxygen atoms in total. The summed E-state index contributed by atoms with van der Waals surface area (Å²) in [5.74, 6) is 5.37. The molecule has 2 aromatic heterocycles. The summed E-state index contributed by atoms with van der Waals surface area (Å²) in [6, 6.07) is 0. The Labute approximate surface area is 96.3 Å². The Balaban J connectivity index is 2.14. The van der Waals surface area contributed by atoms with E-state index in [2.05, 4.69) is 30.7 Å². The van der Waals surface area contributed by atoms with E-state index in [1.807, 2.05) is 0 Å². The van der Waals surface area contributed by atoms with Gasteiger partial charge in [0.1, 0.15) is 5.69 Å². The molecule has 2 rings (SSSR count). The molecule has 0 fully saturated rings. The highest BCUT2D eigenvalue weighted by molar-refractivity contribution is 6.02. The van der Waals surface area contributed by atoms with Crippen molar-refractivity contribution >= 4 is 17.5 Å². The second-order valence-electron chi connectivity index (χ2n) is 2.98. The topological polar surface area (TPSA) is 119 Å². The van der Waals surface area contributed by atoms with E-state index < -0.39 is 5.91 Å². The number of carbonyl (C=O) groups excluding carboxylic acids is 1. The second kappa shape index (κ2) is 4.94. The molecular weight excluding hydrogens is 222 g/mol. The third-order valence-corrected chi connectivity index (χ3v) is 1.82. The number of hydrazine groups is 1. The van der Waals surface area contributed by atoms with Gasteiger partial charge in [-0.1, -0.05) is 0 Å². The number of hydrogen-bond acceptors (Lipinski definition) is 7. The summed E-state index contributed by atoms with van der Waals surface area (Å²) >= 11 is 0. The molecule has 17 heavy (non-hydrogen) atoms. The van der Waals surface area contributed by atoms with Gasteiger partial charge in [0.25, 0.3) is 5.91 Å². The molecule has 8 heteroatoms. The summed E-state index contributed by atoms with van der Waals surface area (Å²) in [5.41, 5.74) is 2.44. The fourth-order valence-electron chi connectivity index (χ4n) is 1.09. The van der Waals surface area contributed by atoms with Crippen LogP contribution in [0.5, 0.6) is 0 Å². The van der Waals surface area contributed by atoms with Crippen LogP contribution in [-0.4, -0.2) is 25.8 Å². The molecule has 0 radical (unpaired) electrons. The lowest BCUT2D eigenvalue weighted by Crippen LogP contribution is -2.17. The van der Waals surface area contributed by atoms with E-state index in [0.29, 0.717) is 11.6 Å². The normalized spacial score (nSPS) is 9.71. The zero-order chi connectivity index (χ0) is 12.1. The van der Waals surface area contributed by atoms with E-state index in [1.54, 1.807) is 0 Å². The van der Waals surface area contributed by atoms with E-state index >= 15 is 0 Å². The lowest BCUT2D eigenvalue weighted by atomic mass is 10.4. The van der Waals surface area contributed by atoms with Gasteiger partial charge in [-0.3, -0.25) is 14.8 Å². The largest absolute Gasteiger partial charge is 0.307 e. The fourth-order valence-corrected chi connectivity index (χ4v) is 1.09. The van der Waals surface area contributed by atoms with Crippen molar-refractivity contribution in [3.8, 4) is 0 Å². The van der Waals surface area contributed by atoms with Crippen molar-refractivity contribution in [3.05, 3.63) is 36.7 Å². The molecule has 0 spiro atoms. The molecule has 0 unspecified atom stereocenters. The van der Waals surface area contributed by atoms with Gasteiger partial charge in [0, 0.05) is 12.4 Å². The second-order valence-corrected chi connectivity index (χ2v) is 2.98. The number of nitrogen functional groups attached to an aromatic ring is 1. The molecule has 86 valence electrons. The van der Waals surface area contributed by atoms with Gasteiger partial charge in [-0.05, 0) is 0 Å². The van der Waals surface area contributed by atoms with Crippen LogP contribution in [0.1, 0.15) is 10.5 Å². The van der Waals surface area contributed by atoms with Gasteiger partial charge < -0.3 is 10.7 Å². The molecule has 0 aliphatic rings. The zero-order valence-electron chi connectivity index (χ0n) is 8.66. The van der Waals surface area contributed by atoms with Crippen LogP contribution >= 0.6 is 0 Å². The van der Waals surface area contributed by atoms with Gasteiger partial charge in [-0.15, -0.1) is 0 Å². The minimum Gasteiger partial charge on any atom is -0.307 e. The maximum atomic E-state index is 11.7. The van der Waals surface area contributed by atoms with Crippen LogP contribution in [0.4, 0.5) is 11.6 Å². The SMILES string of the molecule is NNc1cncc(C(=O)Nc2cnccn2)n1. The van der Waals surface area contributed by atoms with Crippen LogP contribution in [0.3, 0.4) is 0 Å². The average molecular weight is 231 g/mol. The smallest absolute Gasteiger partial charge is 0.277 e. The van der Waals surface area contributed by atoms with Crippen molar-refractivity contribution in [2.24, 2.45) is 5.84 Å². The summed E-state index contributed by atoms with van der Waals surface area (Å²) in [4.78, 5) is 27.2. The number of nitrogens with one attached hydrogen (secondary N) is 2. The first-order chi connectivity index (χ1) is 8.29. The molecule has 0 saturated carbocycles. The Bertz CT molecular complexity index is 516. The maximum absolute atomic E-state index is 11.7. The van der Waals surface area contributed by atoms with Gasteiger partial charge >= 0.3 is 0 Å². The van der Waals surface area contributed by atoms with E-state index in [1.165, 1.54) is 31.0 Å². The number of aromatic nitrogens is 4. The van der Waals surface area contributed by atoms with Crippen LogP contribution in [-0.2, 0) is 0 Å². The van der Waals surface area contributed by atoms with Gasteiger partial charge in [0.05, 0.1) is 18.6 Å². The zero-order valence-corrected chi connectivity index (χ0v) is 8.66. The minimum atomic E-state index is -0.435. The Hall–Kier alpha value is -2.61. The van der Waals surface area contributed by atoms with Crippen molar-refractivity contribution in [1.29, 1.82) is 0 Å². The van der Waals surface area contributed by atoms with E-state index in [4.69, 9.17) is 5.84 Å². The van der Waals surface area contributed by atoms with Crippen LogP contribution < -0.4 is 16.6 Å². The summed E-state index contributed by atoms with van der Waals surface area (Å²) < 4.78 is 0. The lowest BCUT2D eigenvalue weighted by molar-refractivity contribution is 0.102. The van der Waals surface area contributed by atoms with Crippen LogP contribution in [0.2, 0.25) is 0 Å². The number of amides is 1. The van der Waals surface area contributed by atoms with Crippen LogP contribution in [0.15, 0.2) is 31.0 Å². The predicted molar refractivity (Wildman–Crippen MR) is 59.8 cm³/mol. The monoisotopic (exact) mass is 231 g/mol. The average Bonchev–Trinajstić information content (AvgIpc) is 2.40. The highest BCUT2D eigenvalue weighted by Gasteiger charge is 2.09. The number of carbonyl (C=O) groups is 1. The molecule has 0 atom stereocenters. The van der Waals surface area contributed by atoms with Crippen molar-refractivity contribution in [2.45, 2.75) is 0 Å². The van der Waals surface area contributed by atoms with Gasteiger partial charge in [-0.2, -0.15) is 0 Å². The highest BCUT2D eigenvalue weighted by atomic mass is 16.1. The van der Waals surface area contributed by atoms with E-state index in [-0.39, 0.29) is 5.69 Å². The summed E-state index contributed by atoms with van der Waals surface area (Å²) in [7, 11) is 0. The number of rotatable bonds is 3. The fraction of sp³-hybridized carbons (Fsp3) is 0. The first-order valence-corrected chi connectivity index (χ1v) is 4.65. The molecule has 2 heterocycles. The number of nitrogens with two attached hydrogens (primary N) is 1. The minimum absolute atomic E-state index is 0.131. The Morgan fingerprint density at radius 1 is 1.12 bits per heavy atom. The molecule has 1 amide bonds. The third-order valence-electron chi connectivity index (χ3n) is 1.82. The molecule has 0 aliphatic carbocycles. The number of hydrogen-bond donors (Lipinski definition) is 3. The van der Waals surface area contributed by atoms with Crippen LogP contribution in [0.25, 0.3) is 0 Å². The van der Waals surface area contributed by atoms with E-state index in [9.17, 15) is 4.79 Å². The summed E-state index contributed by atoms with van der Waals surface area (Å²) in [6.45, 7) is 0. The summed E-state index contributed by atoms with van der Waals surface area (Å²) in [5, 5.41) is 2.53. The molecule has 0 aliphatic heterocycles. The molecule has 4 N–H and O–H groups in total. The molecule has 0 saturated heterocycles. The Morgan fingerprint density at radius 3 is 2.65 bits per heavy atom. The maximum Gasteiger partial charge on any atom is 0.277 e. The van der Waals surface area contributed by atoms with Crippen molar-refractivity contribution in [2.75, 3.05) is 10.7 Å². The quantitative estimate of drug-likeness (QED) is 0.494. The first-order valence-electron chi connectivity index (χ1n) is 4.65. The van der Waals surface area contributed by atoms with Crippen molar-refractivity contribution in [1.82, 2.24) is 19.9 Å². The first kappa shape index (κ1) is 10.9. The Morgan fingerprint density at radius 2 is 1.94 bits per heavy atom. The molecule has 2 aromatic rings. The Kier molecular flexibility index (Phi) is 3.17. The van der Waals surface area contributed by atoms with E-state index in [0.717, 1.165) is 0 Å². The molecule has 0 bridgehead atoms. The van der Waals surface area contributed by atoms with Crippen LogP contribution in [0, 0.1) is 0 Å². The number of nitrogens with zero attached hydrogens (tertiary/aromatic N) is 4. The van der Waals surface area contributed by atoms with Gasteiger partial charge in [0.15, 0.2) is 11.6 Å². The predicted octanol–water partition coefficient (Wildman–Crippen LogP) is -0.196. The van der Waals surface area contributed by atoms with Crippen molar-refractivity contribution in [3.63, 3.8) is 0 Å². The van der Waals surface area contributed by atoms with Gasteiger partial charge in [-0.25, -0.2) is 15.8 Å². The van der Waals surface area contributed by atoms with Crippen molar-refractivity contribution < 1.29 is 4.79 Å². The van der Waals surface area contributed by atoms with Gasteiger partial charge in [0.2, 0.25) is 0 Å². The lowest BCUT2D eigenvalue weighted by Gasteiger charge is -2.03.